The zero-order valence-corrected chi connectivity index (χ0v) is 15.7. The van der Waals surface area contributed by atoms with E-state index in [9.17, 15) is 18.4 Å². The van der Waals surface area contributed by atoms with Crippen LogP contribution in [-0.2, 0) is 16.1 Å². The number of nitrogens with one attached hydrogen (secondary N) is 1. The first-order valence-electron chi connectivity index (χ1n) is 8.93. The number of imidazole rings is 1. The van der Waals surface area contributed by atoms with Crippen molar-refractivity contribution in [2.75, 3.05) is 17.7 Å². The van der Waals surface area contributed by atoms with Crippen molar-refractivity contribution < 1.29 is 23.1 Å². The number of hydrogen-bond donors (Lipinski definition) is 2. The van der Waals surface area contributed by atoms with Crippen LogP contribution < -0.4 is 11.1 Å². The Hall–Kier alpha value is -3.49. The summed E-state index contributed by atoms with van der Waals surface area (Å²) >= 11 is 0. The van der Waals surface area contributed by atoms with E-state index < -0.39 is 12.3 Å². The molecule has 152 valence electrons. The fraction of sp³-hybridized carbons (Fsp3) is 0.250. The van der Waals surface area contributed by atoms with E-state index in [-0.39, 0.29) is 29.7 Å². The summed E-state index contributed by atoms with van der Waals surface area (Å²) in [6.45, 7) is 1.96. The van der Waals surface area contributed by atoms with E-state index >= 15 is 0 Å². The molecule has 0 radical (unpaired) electrons. The fourth-order valence-corrected chi connectivity index (χ4v) is 2.90. The van der Waals surface area contributed by atoms with Gasteiger partial charge in [-0.1, -0.05) is 12.1 Å². The molecule has 7 nitrogen and oxygen atoms in total. The lowest BCUT2D eigenvalue weighted by Gasteiger charge is -2.11. The first-order chi connectivity index (χ1) is 13.8. The Labute approximate surface area is 165 Å². The number of benzene rings is 2. The highest BCUT2D eigenvalue weighted by atomic mass is 19.3. The average molecular weight is 402 g/mol. The second-order valence-corrected chi connectivity index (χ2v) is 6.41. The van der Waals surface area contributed by atoms with Crippen LogP contribution in [-0.4, -0.2) is 28.0 Å². The van der Waals surface area contributed by atoms with Crippen LogP contribution in [0, 0.1) is 0 Å². The van der Waals surface area contributed by atoms with Gasteiger partial charge in [-0.15, -0.1) is 0 Å². The molecule has 1 aromatic heterocycles. The summed E-state index contributed by atoms with van der Waals surface area (Å²) in [6, 6.07) is 10.4. The molecule has 0 aliphatic rings. The third-order valence-electron chi connectivity index (χ3n) is 4.23. The number of carbonyl (C=O) groups is 2. The summed E-state index contributed by atoms with van der Waals surface area (Å²) in [5.41, 5.74) is 7.50. The normalized spacial score (nSPS) is 11.0. The molecular formula is C20H20F2N4O3. The molecule has 1 heterocycles. The molecular weight excluding hydrogens is 382 g/mol. The second-order valence-electron chi connectivity index (χ2n) is 6.41. The van der Waals surface area contributed by atoms with Gasteiger partial charge in [0.2, 0.25) is 5.95 Å². The predicted octanol–water partition coefficient (Wildman–Crippen LogP) is 3.76. The Kier molecular flexibility index (Phi) is 6.06. The van der Waals surface area contributed by atoms with Crippen LogP contribution >= 0.6 is 0 Å². The highest BCUT2D eigenvalue weighted by molar-refractivity contribution is 6.04. The molecule has 0 bridgehead atoms. The number of halogens is 2. The fourth-order valence-electron chi connectivity index (χ4n) is 2.90. The van der Waals surface area contributed by atoms with Crippen LogP contribution in [0.3, 0.4) is 0 Å². The first-order valence-corrected chi connectivity index (χ1v) is 8.93. The highest BCUT2D eigenvalue weighted by Gasteiger charge is 2.16. The topological polar surface area (TPSA) is 99.2 Å². The number of aromatic nitrogens is 2. The molecule has 29 heavy (non-hydrogen) atoms. The number of ether oxygens (including phenoxy) is 1. The van der Waals surface area contributed by atoms with Gasteiger partial charge < -0.3 is 15.0 Å². The number of fused-ring (bicyclic) bond motifs is 1. The lowest BCUT2D eigenvalue weighted by molar-refractivity contribution is -0.141. The third kappa shape index (κ3) is 4.87. The maximum absolute atomic E-state index is 12.9. The molecule has 9 heteroatoms. The summed E-state index contributed by atoms with van der Waals surface area (Å²) in [5.74, 6) is -0.682. The molecule has 0 saturated heterocycles. The monoisotopic (exact) mass is 402 g/mol. The van der Waals surface area contributed by atoms with Gasteiger partial charge in [0.05, 0.1) is 17.6 Å². The maximum atomic E-state index is 12.9. The van der Waals surface area contributed by atoms with Gasteiger partial charge in [-0.3, -0.25) is 14.9 Å². The minimum Gasteiger partial charge on any atom is -0.466 e. The van der Waals surface area contributed by atoms with Crippen LogP contribution in [0.2, 0.25) is 0 Å². The molecule has 3 aromatic rings. The SMILES string of the molecule is CC(=O)OCCCn1c(NC(=O)c2cccc(C(F)F)c2)nc2cc(N)ccc21. The van der Waals surface area contributed by atoms with Gasteiger partial charge in [-0.25, -0.2) is 13.8 Å². The average Bonchev–Trinajstić information content (AvgIpc) is 3.01. The number of nitrogens with zero attached hydrogens (tertiary/aromatic N) is 2. The Bertz CT molecular complexity index is 1050. The van der Waals surface area contributed by atoms with Gasteiger partial charge in [-0.2, -0.15) is 0 Å². The Balaban J connectivity index is 1.87. The minimum atomic E-state index is -2.67. The van der Waals surface area contributed by atoms with Crippen molar-refractivity contribution in [1.29, 1.82) is 0 Å². The lowest BCUT2D eigenvalue weighted by atomic mass is 10.1. The molecule has 0 aliphatic heterocycles. The van der Waals surface area contributed by atoms with Crippen LogP contribution in [0.15, 0.2) is 42.5 Å². The number of amides is 1. The van der Waals surface area contributed by atoms with Crippen LogP contribution in [0.5, 0.6) is 0 Å². The summed E-state index contributed by atoms with van der Waals surface area (Å²) in [5, 5.41) is 2.67. The predicted molar refractivity (Wildman–Crippen MR) is 105 cm³/mol. The lowest BCUT2D eigenvalue weighted by Crippen LogP contribution is -2.17. The van der Waals surface area contributed by atoms with Gasteiger partial charge in [0, 0.05) is 30.3 Å². The number of carbonyl (C=O) groups excluding carboxylic acids is 2. The van der Waals surface area contributed by atoms with E-state index in [0.29, 0.717) is 24.2 Å². The molecule has 0 aliphatic carbocycles. The number of nitrogens with two attached hydrogens (primary N) is 1. The van der Waals surface area contributed by atoms with E-state index in [1.54, 1.807) is 22.8 Å². The van der Waals surface area contributed by atoms with Crippen molar-refractivity contribution in [2.24, 2.45) is 0 Å². The summed E-state index contributed by atoms with van der Waals surface area (Å²) in [6.07, 6.45) is -2.17. The van der Waals surface area contributed by atoms with Gasteiger partial charge in [0.25, 0.3) is 12.3 Å². The maximum Gasteiger partial charge on any atom is 0.302 e. The molecule has 2 aromatic carbocycles. The van der Waals surface area contributed by atoms with Gasteiger partial charge in [0.15, 0.2) is 0 Å². The third-order valence-corrected chi connectivity index (χ3v) is 4.23. The summed E-state index contributed by atoms with van der Waals surface area (Å²) < 4.78 is 32.5. The molecule has 0 spiro atoms. The zero-order chi connectivity index (χ0) is 21.0. The van der Waals surface area contributed by atoms with E-state index in [2.05, 4.69) is 10.3 Å². The van der Waals surface area contributed by atoms with Crippen molar-refractivity contribution in [2.45, 2.75) is 26.3 Å². The Morgan fingerprint density at radius 3 is 2.76 bits per heavy atom. The number of alkyl halides is 2. The Morgan fingerprint density at radius 2 is 2.03 bits per heavy atom. The van der Waals surface area contributed by atoms with Crippen molar-refractivity contribution in [1.82, 2.24) is 9.55 Å². The zero-order valence-electron chi connectivity index (χ0n) is 15.7. The van der Waals surface area contributed by atoms with Crippen LogP contribution in [0.25, 0.3) is 11.0 Å². The van der Waals surface area contributed by atoms with Crippen molar-refractivity contribution in [3.05, 3.63) is 53.6 Å². The molecule has 0 unspecified atom stereocenters. The minimum absolute atomic E-state index is 0.0980. The van der Waals surface area contributed by atoms with Crippen molar-refractivity contribution in [3.8, 4) is 0 Å². The molecule has 3 rings (SSSR count). The highest BCUT2D eigenvalue weighted by Crippen LogP contribution is 2.24. The van der Waals surface area contributed by atoms with E-state index in [1.807, 2.05) is 0 Å². The Morgan fingerprint density at radius 1 is 1.24 bits per heavy atom. The molecule has 1 amide bonds. The van der Waals surface area contributed by atoms with Crippen LogP contribution in [0.1, 0.15) is 35.7 Å². The summed E-state index contributed by atoms with van der Waals surface area (Å²) in [4.78, 5) is 27.9. The number of esters is 1. The summed E-state index contributed by atoms with van der Waals surface area (Å²) in [7, 11) is 0. The van der Waals surface area contributed by atoms with E-state index in [4.69, 9.17) is 10.5 Å². The van der Waals surface area contributed by atoms with Gasteiger partial charge in [-0.05, 0) is 36.8 Å². The number of nitrogen functional groups attached to an aromatic ring is 1. The van der Waals surface area contributed by atoms with Gasteiger partial charge in [0.1, 0.15) is 0 Å². The quantitative estimate of drug-likeness (QED) is 0.356. The second kappa shape index (κ2) is 8.68. The molecule has 0 fully saturated rings. The number of rotatable bonds is 7. The smallest absolute Gasteiger partial charge is 0.302 e. The molecule has 0 saturated carbocycles. The van der Waals surface area contributed by atoms with Crippen molar-refractivity contribution in [3.63, 3.8) is 0 Å². The molecule has 3 N–H and O–H groups in total. The van der Waals surface area contributed by atoms with E-state index in [1.165, 1.54) is 25.1 Å². The van der Waals surface area contributed by atoms with Gasteiger partial charge >= 0.3 is 5.97 Å². The first kappa shape index (κ1) is 20.2. The number of anilines is 2. The standard InChI is InChI=1S/C20H20F2N4O3/c1-12(27)29-9-3-8-26-17-7-6-15(23)11-16(17)24-20(26)25-19(28)14-5-2-4-13(10-14)18(21)22/h2,4-7,10-11,18H,3,8-9,23H2,1H3,(H,24,25,28). The molecule has 0 atom stereocenters. The number of aryl methyl sites for hydroxylation is 1. The largest absolute Gasteiger partial charge is 0.466 e. The van der Waals surface area contributed by atoms with Crippen molar-refractivity contribution >= 4 is 34.5 Å². The van der Waals surface area contributed by atoms with Crippen LogP contribution in [0.4, 0.5) is 20.4 Å². The number of hydrogen-bond acceptors (Lipinski definition) is 5. The van der Waals surface area contributed by atoms with E-state index in [0.717, 1.165) is 11.6 Å².